The maximum Gasteiger partial charge on any atom is 0.242 e. The molecule has 2 atom stereocenters. The van der Waals surface area contributed by atoms with Gasteiger partial charge in [0.15, 0.2) is 5.82 Å². The number of aromatic nitrogens is 3. The summed E-state index contributed by atoms with van der Waals surface area (Å²) in [5, 5.41) is 10.1. The van der Waals surface area contributed by atoms with Gasteiger partial charge in [0.25, 0.3) is 0 Å². The lowest BCUT2D eigenvalue weighted by Gasteiger charge is -2.26. The number of carbonyl (C=O) groups is 1. The number of nitrogens with one attached hydrogen (secondary N) is 2. The van der Waals surface area contributed by atoms with Gasteiger partial charge in [0, 0.05) is 37.5 Å². The number of imidazole rings is 1. The predicted octanol–water partition coefficient (Wildman–Crippen LogP) is 2.84. The summed E-state index contributed by atoms with van der Waals surface area (Å²) in [5.74, 6) is 2.58. The van der Waals surface area contributed by atoms with Crippen LogP contribution in [0.4, 0.5) is 5.82 Å². The van der Waals surface area contributed by atoms with Crippen molar-refractivity contribution in [3.63, 3.8) is 0 Å². The lowest BCUT2D eigenvalue weighted by molar-refractivity contribution is -0.118. The Kier molecular flexibility index (Phi) is 5.86. The van der Waals surface area contributed by atoms with E-state index in [1.807, 2.05) is 12.4 Å². The zero-order valence-electron chi connectivity index (χ0n) is 15.0. The van der Waals surface area contributed by atoms with Crippen LogP contribution >= 0.6 is 0 Å². The number of fused-ring (bicyclic) bond motifs is 1. The molecule has 2 aromatic rings. The van der Waals surface area contributed by atoms with Crippen LogP contribution in [-0.4, -0.2) is 33.2 Å². The molecule has 0 bridgehead atoms. The molecule has 136 valence electrons. The maximum atomic E-state index is 12.6. The fourth-order valence-corrected chi connectivity index (χ4v) is 3.36. The molecular formula is C18H27N5O2. The van der Waals surface area contributed by atoms with E-state index in [0.717, 1.165) is 51.0 Å². The summed E-state index contributed by atoms with van der Waals surface area (Å²) in [4.78, 5) is 17.1. The number of aryl methyl sites for hydroxylation is 2. The van der Waals surface area contributed by atoms with Crippen molar-refractivity contribution in [2.24, 2.45) is 0 Å². The van der Waals surface area contributed by atoms with Gasteiger partial charge in [-0.2, -0.15) is 0 Å². The molecule has 1 aliphatic heterocycles. The molecule has 0 saturated heterocycles. The van der Waals surface area contributed by atoms with Crippen LogP contribution in [0.25, 0.3) is 0 Å². The van der Waals surface area contributed by atoms with Crippen molar-refractivity contribution in [3.8, 4) is 0 Å². The lowest BCUT2D eigenvalue weighted by atomic mass is 9.98. The van der Waals surface area contributed by atoms with Crippen molar-refractivity contribution in [3.05, 3.63) is 30.0 Å². The van der Waals surface area contributed by atoms with E-state index < -0.39 is 0 Å². The average molecular weight is 345 g/mol. The van der Waals surface area contributed by atoms with E-state index in [0.29, 0.717) is 17.5 Å². The van der Waals surface area contributed by atoms with Crippen molar-refractivity contribution >= 4 is 11.7 Å². The van der Waals surface area contributed by atoms with Crippen LogP contribution in [0.3, 0.4) is 0 Å². The second-order valence-electron chi connectivity index (χ2n) is 6.73. The van der Waals surface area contributed by atoms with Gasteiger partial charge in [-0.1, -0.05) is 24.9 Å². The Balaban J connectivity index is 1.60. The Hall–Kier alpha value is -2.15. The minimum Gasteiger partial charge on any atom is -0.360 e. The molecule has 0 fully saturated rings. The van der Waals surface area contributed by atoms with E-state index in [1.165, 1.54) is 0 Å². The van der Waals surface area contributed by atoms with Gasteiger partial charge in [0.2, 0.25) is 5.91 Å². The van der Waals surface area contributed by atoms with E-state index in [-0.39, 0.29) is 11.9 Å². The number of anilines is 1. The fourth-order valence-electron chi connectivity index (χ4n) is 3.36. The number of nitrogens with zero attached hydrogens (tertiary/aromatic N) is 3. The summed E-state index contributed by atoms with van der Waals surface area (Å²) in [6.07, 6.45) is 9.02. The number of unbranched alkanes of at least 4 members (excludes halogenated alkanes) is 1. The van der Waals surface area contributed by atoms with E-state index in [9.17, 15) is 4.79 Å². The largest absolute Gasteiger partial charge is 0.360 e. The molecule has 2 aromatic heterocycles. The van der Waals surface area contributed by atoms with Gasteiger partial charge in [-0.25, -0.2) is 4.98 Å². The molecule has 7 heteroatoms. The SMILES string of the molecule is CCCC[C@H](NC[C@@H]1CCCn2ccnc21)C(=O)Nc1cc(C)on1. The quantitative estimate of drug-likeness (QED) is 0.768. The molecule has 0 saturated carbocycles. The van der Waals surface area contributed by atoms with Crippen LogP contribution < -0.4 is 10.6 Å². The summed E-state index contributed by atoms with van der Waals surface area (Å²) in [7, 11) is 0. The number of hydrogen-bond acceptors (Lipinski definition) is 5. The first-order valence-electron chi connectivity index (χ1n) is 9.16. The minimum atomic E-state index is -0.234. The number of hydrogen-bond donors (Lipinski definition) is 2. The highest BCUT2D eigenvalue weighted by molar-refractivity contribution is 5.94. The van der Waals surface area contributed by atoms with Crippen molar-refractivity contribution < 1.29 is 9.32 Å². The Morgan fingerprint density at radius 2 is 2.40 bits per heavy atom. The van der Waals surface area contributed by atoms with Gasteiger partial charge in [-0.15, -0.1) is 0 Å². The third-order valence-electron chi connectivity index (χ3n) is 4.72. The highest BCUT2D eigenvalue weighted by atomic mass is 16.5. The van der Waals surface area contributed by atoms with Crippen LogP contribution in [0.2, 0.25) is 0 Å². The molecule has 0 spiro atoms. The molecule has 3 heterocycles. The molecule has 25 heavy (non-hydrogen) atoms. The summed E-state index contributed by atoms with van der Waals surface area (Å²) < 4.78 is 7.23. The molecule has 1 amide bonds. The third-order valence-corrected chi connectivity index (χ3v) is 4.72. The number of carbonyl (C=O) groups excluding carboxylic acids is 1. The van der Waals surface area contributed by atoms with Gasteiger partial charge in [0.1, 0.15) is 11.6 Å². The first kappa shape index (κ1) is 17.7. The summed E-state index contributed by atoms with van der Waals surface area (Å²) >= 11 is 0. The molecule has 0 radical (unpaired) electrons. The number of rotatable bonds is 8. The first-order valence-corrected chi connectivity index (χ1v) is 9.16. The number of amides is 1. The zero-order chi connectivity index (χ0) is 17.6. The molecule has 2 N–H and O–H groups in total. The normalized spacial score (nSPS) is 17.9. The Bertz CT molecular complexity index is 693. The van der Waals surface area contributed by atoms with Crippen LogP contribution in [0, 0.1) is 6.92 Å². The van der Waals surface area contributed by atoms with Crippen LogP contribution in [0.15, 0.2) is 23.0 Å². The third kappa shape index (κ3) is 4.48. The van der Waals surface area contributed by atoms with Crippen LogP contribution in [-0.2, 0) is 11.3 Å². The molecular weight excluding hydrogens is 318 g/mol. The second-order valence-corrected chi connectivity index (χ2v) is 6.73. The van der Waals surface area contributed by atoms with E-state index in [4.69, 9.17) is 4.52 Å². The lowest BCUT2D eigenvalue weighted by Crippen LogP contribution is -2.43. The zero-order valence-corrected chi connectivity index (χ0v) is 15.0. The van der Waals surface area contributed by atoms with Gasteiger partial charge >= 0.3 is 0 Å². The van der Waals surface area contributed by atoms with Crippen molar-refractivity contribution in [2.75, 3.05) is 11.9 Å². The monoisotopic (exact) mass is 345 g/mol. The highest BCUT2D eigenvalue weighted by Gasteiger charge is 2.24. The van der Waals surface area contributed by atoms with E-state index in [2.05, 4.69) is 32.3 Å². The Morgan fingerprint density at radius 1 is 1.52 bits per heavy atom. The molecule has 0 aromatic carbocycles. The maximum absolute atomic E-state index is 12.6. The van der Waals surface area contributed by atoms with Crippen molar-refractivity contribution in [2.45, 2.75) is 64.5 Å². The summed E-state index contributed by atoms with van der Waals surface area (Å²) in [6.45, 7) is 5.74. The molecule has 0 unspecified atom stereocenters. The molecule has 7 nitrogen and oxygen atoms in total. The summed E-state index contributed by atoms with van der Waals surface area (Å²) in [6, 6.07) is 1.49. The molecule has 1 aliphatic rings. The van der Waals surface area contributed by atoms with Crippen LogP contribution in [0.1, 0.15) is 56.5 Å². The van der Waals surface area contributed by atoms with Gasteiger partial charge in [-0.3, -0.25) is 4.79 Å². The van der Waals surface area contributed by atoms with Gasteiger partial charge < -0.3 is 19.7 Å². The van der Waals surface area contributed by atoms with Gasteiger partial charge in [0.05, 0.1) is 6.04 Å². The Labute approximate surface area is 148 Å². The van der Waals surface area contributed by atoms with E-state index >= 15 is 0 Å². The molecule has 3 rings (SSSR count). The fraction of sp³-hybridized carbons (Fsp3) is 0.611. The van der Waals surface area contributed by atoms with Gasteiger partial charge in [-0.05, 0) is 26.2 Å². The average Bonchev–Trinajstić information content (AvgIpc) is 3.24. The molecule has 0 aliphatic carbocycles. The van der Waals surface area contributed by atoms with Crippen molar-refractivity contribution in [1.82, 2.24) is 20.0 Å². The van der Waals surface area contributed by atoms with Crippen molar-refractivity contribution in [1.29, 1.82) is 0 Å². The highest BCUT2D eigenvalue weighted by Crippen LogP contribution is 2.25. The summed E-state index contributed by atoms with van der Waals surface area (Å²) in [5.41, 5.74) is 0. The first-order chi connectivity index (χ1) is 12.2. The predicted molar refractivity (Wildman–Crippen MR) is 95.4 cm³/mol. The minimum absolute atomic E-state index is 0.0547. The van der Waals surface area contributed by atoms with Crippen LogP contribution in [0.5, 0.6) is 0 Å². The topological polar surface area (TPSA) is 85.0 Å². The van der Waals surface area contributed by atoms with E-state index in [1.54, 1.807) is 13.0 Å². The Morgan fingerprint density at radius 3 is 3.16 bits per heavy atom. The standard InChI is InChI=1S/C18H27N5O2/c1-3-4-7-15(18(24)21-16-11-13(2)25-22-16)20-12-14-6-5-9-23-10-8-19-17(14)23/h8,10-11,14-15,20H,3-7,9,12H2,1-2H3,(H,21,22,24)/t14-,15-/m0/s1. The second kappa shape index (κ2) is 8.29. The smallest absolute Gasteiger partial charge is 0.242 e.